The minimum absolute atomic E-state index is 0.241. The molecule has 1 aliphatic rings. The summed E-state index contributed by atoms with van der Waals surface area (Å²) >= 11 is 6.33. The molecule has 0 spiro atoms. The van der Waals surface area contributed by atoms with E-state index in [1.807, 2.05) is 12.1 Å². The van der Waals surface area contributed by atoms with E-state index < -0.39 is 0 Å². The van der Waals surface area contributed by atoms with Crippen LogP contribution in [0.1, 0.15) is 16.2 Å². The van der Waals surface area contributed by atoms with Gasteiger partial charge in [0, 0.05) is 19.2 Å². The first kappa shape index (κ1) is 14.9. The summed E-state index contributed by atoms with van der Waals surface area (Å²) in [6, 6.07) is 7.02. The van der Waals surface area contributed by atoms with E-state index in [4.69, 9.17) is 20.9 Å². The van der Waals surface area contributed by atoms with Gasteiger partial charge in [-0.15, -0.1) is 0 Å². The maximum Gasteiger partial charge on any atom is 0.277 e. The van der Waals surface area contributed by atoms with Crippen LogP contribution in [-0.2, 0) is 4.74 Å². The van der Waals surface area contributed by atoms with Gasteiger partial charge in [-0.25, -0.2) is 0 Å². The highest BCUT2D eigenvalue weighted by Crippen LogP contribution is 2.34. The van der Waals surface area contributed by atoms with E-state index in [0.717, 1.165) is 18.8 Å². The van der Waals surface area contributed by atoms with Crippen molar-refractivity contribution in [3.05, 3.63) is 40.7 Å². The highest BCUT2D eigenvalue weighted by molar-refractivity contribution is 6.34. The fourth-order valence-corrected chi connectivity index (χ4v) is 2.68. The average molecular weight is 322 g/mol. The molecule has 1 aliphatic heterocycles. The Morgan fingerprint density at radius 3 is 2.82 bits per heavy atom. The Morgan fingerprint density at radius 2 is 2.14 bits per heavy atom. The minimum atomic E-state index is -0.325. The Kier molecular flexibility index (Phi) is 4.31. The summed E-state index contributed by atoms with van der Waals surface area (Å²) in [4.78, 5) is 14.4. The van der Waals surface area contributed by atoms with Crippen LogP contribution in [0.5, 0.6) is 0 Å². The second kappa shape index (κ2) is 6.37. The smallest absolute Gasteiger partial charge is 0.277 e. The predicted molar refractivity (Wildman–Crippen MR) is 83.7 cm³/mol. The van der Waals surface area contributed by atoms with Crippen LogP contribution in [0, 0.1) is 6.92 Å². The maximum atomic E-state index is 12.3. The lowest BCUT2D eigenvalue weighted by molar-refractivity contribution is 0.101. The second-order valence-electron chi connectivity index (χ2n) is 5.01. The molecule has 0 bridgehead atoms. The Morgan fingerprint density at radius 1 is 1.36 bits per heavy atom. The fourth-order valence-electron chi connectivity index (χ4n) is 2.38. The Labute approximate surface area is 133 Å². The third-order valence-electron chi connectivity index (χ3n) is 3.42. The number of anilines is 2. The molecule has 1 saturated heterocycles. The topological polar surface area (TPSA) is 67.6 Å². The van der Waals surface area contributed by atoms with Crippen molar-refractivity contribution in [3.63, 3.8) is 0 Å². The van der Waals surface area contributed by atoms with E-state index in [9.17, 15) is 4.79 Å². The van der Waals surface area contributed by atoms with Gasteiger partial charge in [0.25, 0.3) is 5.91 Å². The van der Waals surface area contributed by atoms with Crippen molar-refractivity contribution in [3.8, 4) is 0 Å². The fraction of sp³-hybridized carbons (Fsp3) is 0.333. The molecule has 1 aromatic heterocycles. The first-order valence-corrected chi connectivity index (χ1v) is 7.39. The highest BCUT2D eigenvalue weighted by Gasteiger charge is 2.20. The van der Waals surface area contributed by atoms with Crippen molar-refractivity contribution in [1.82, 2.24) is 5.16 Å². The van der Waals surface area contributed by atoms with Gasteiger partial charge in [0.05, 0.1) is 29.6 Å². The van der Waals surface area contributed by atoms with Crippen molar-refractivity contribution in [2.24, 2.45) is 0 Å². The lowest BCUT2D eigenvalue weighted by atomic mass is 10.2. The van der Waals surface area contributed by atoms with Gasteiger partial charge in [-0.05, 0) is 19.1 Å². The Hall–Kier alpha value is -2.05. The summed E-state index contributed by atoms with van der Waals surface area (Å²) in [6.45, 7) is 4.48. The molecule has 1 N–H and O–H groups in total. The van der Waals surface area contributed by atoms with Crippen LogP contribution < -0.4 is 10.2 Å². The van der Waals surface area contributed by atoms with Crippen LogP contribution in [0.15, 0.2) is 28.8 Å². The summed E-state index contributed by atoms with van der Waals surface area (Å²) < 4.78 is 10.3. The predicted octanol–water partition coefficient (Wildman–Crippen LogP) is 2.73. The van der Waals surface area contributed by atoms with Crippen LogP contribution >= 0.6 is 11.6 Å². The zero-order valence-electron chi connectivity index (χ0n) is 12.1. The largest absolute Gasteiger partial charge is 0.378 e. The number of halogens is 1. The van der Waals surface area contributed by atoms with Gasteiger partial charge in [-0.2, -0.15) is 0 Å². The van der Waals surface area contributed by atoms with E-state index in [-0.39, 0.29) is 11.6 Å². The molecule has 0 radical (unpaired) electrons. The molecular weight excluding hydrogens is 306 g/mol. The summed E-state index contributed by atoms with van der Waals surface area (Å²) in [6.07, 6.45) is 0. The molecular formula is C15H16ClN3O3. The lowest BCUT2D eigenvalue weighted by Crippen LogP contribution is -2.37. The number of rotatable bonds is 3. The molecule has 1 fully saturated rings. The monoisotopic (exact) mass is 321 g/mol. The van der Waals surface area contributed by atoms with Crippen LogP contribution in [0.4, 0.5) is 11.4 Å². The summed E-state index contributed by atoms with van der Waals surface area (Å²) in [5, 5.41) is 7.17. The molecule has 3 rings (SSSR count). The van der Waals surface area contributed by atoms with Crippen LogP contribution in [-0.4, -0.2) is 37.4 Å². The van der Waals surface area contributed by atoms with E-state index >= 15 is 0 Å². The van der Waals surface area contributed by atoms with E-state index in [1.165, 1.54) is 0 Å². The molecule has 1 amide bonds. The first-order valence-electron chi connectivity index (χ1n) is 7.01. The number of aryl methyl sites for hydroxylation is 1. The molecule has 0 atom stereocenters. The molecule has 22 heavy (non-hydrogen) atoms. The number of ether oxygens (including phenoxy) is 1. The Balaban J connectivity index is 1.86. The maximum absolute atomic E-state index is 12.3. The number of amides is 1. The van der Waals surface area contributed by atoms with Crippen molar-refractivity contribution in [2.45, 2.75) is 6.92 Å². The number of benzene rings is 1. The summed E-state index contributed by atoms with van der Waals surface area (Å²) in [7, 11) is 0. The number of aromatic nitrogens is 1. The zero-order valence-corrected chi connectivity index (χ0v) is 12.9. The summed E-state index contributed by atoms with van der Waals surface area (Å²) in [5.41, 5.74) is 1.70. The number of hydrogen-bond donors (Lipinski definition) is 1. The molecule has 116 valence electrons. The number of nitrogens with zero attached hydrogens (tertiary/aromatic N) is 2. The lowest BCUT2D eigenvalue weighted by Gasteiger charge is -2.31. The van der Waals surface area contributed by atoms with E-state index in [1.54, 1.807) is 19.1 Å². The van der Waals surface area contributed by atoms with Crippen LogP contribution in [0.2, 0.25) is 5.02 Å². The Bertz CT molecular complexity index is 680. The quantitative estimate of drug-likeness (QED) is 0.941. The van der Waals surface area contributed by atoms with Crippen molar-refractivity contribution in [2.75, 3.05) is 36.5 Å². The molecule has 7 heteroatoms. The highest BCUT2D eigenvalue weighted by atomic mass is 35.5. The molecule has 6 nitrogen and oxygen atoms in total. The molecule has 2 aromatic rings. The van der Waals surface area contributed by atoms with Gasteiger partial charge < -0.3 is 19.5 Å². The van der Waals surface area contributed by atoms with Crippen LogP contribution in [0.3, 0.4) is 0 Å². The SMILES string of the molecule is Cc1cc(C(=O)Nc2cccc(Cl)c2N2CCOCC2)no1. The first-order chi connectivity index (χ1) is 10.6. The molecule has 0 unspecified atom stereocenters. The molecule has 0 aliphatic carbocycles. The van der Waals surface area contributed by atoms with Gasteiger partial charge in [-0.3, -0.25) is 4.79 Å². The number of morpholine rings is 1. The minimum Gasteiger partial charge on any atom is -0.378 e. The van der Waals surface area contributed by atoms with Crippen molar-refractivity contribution in [1.29, 1.82) is 0 Å². The van der Waals surface area contributed by atoms with Gasteiger partial charge in [0.15, 0.2) is 5.69 Å². The second-order valence-corrected chi connectivity index (χ2v) is 5.42. The number of carbonyl (C=O) groups is 1. The molecule has 2 heterocycles. The van der Waals surface area contributed by atoms with Crippen LogP contribution in [0.25, 0.3) is 0 Å². The number of para-hydroxylation sites is 1. The van der Waals surface area contributed by atoms with E-state index in [2.05, 4.69) is 15.4 Å². The zero-order chi connectivity index (χ0) is 15.5. The molecule has 0 saturated carbocycles. The molecule has 1 aromatic carbocycles. The van der Waals surface area contributed by atoms with E-state index in [0.29, 0.717) is 29.7 Å². The van der Waals surface area contributed by atoms with Gasteiger partial charge in [0.1, 0.15) is 5.76 Å². The summed E-state index contributed by atoms with van der Waals surface area (Å²) in [5.74, 6) is 0.262. The van der Waals surface area contributed by atoms with Crippen molar-refractivity contribution >= 4 is 28.9 Å². The average Bonchev–Trinajstić information content (AvgIpc) is 2.95. The van der Waals surface area contributed by atoms with Gasteiger partial charge >= 0.3 is 0 Å². The number of carbonyl (C=O) groups excluding carboxylic acids is 1. The standard InChI is InChI=1S/C15H16ClN3O3/c1-10-9-13(18-22-10)15(20)17-12-4-2-3-11(16)14(12)19-5-7-21-8-6-19/h2-4,9H,5-8H2,1H3,(H,17,20). The van der Waals surface area contributed by atoms with Crippen molar-refractivity contribution < 1.29 is 14.1 Å². The van der Waals surface area contributed by atoms with Gasteiger partial charge in [-0.1, -0.05) is 22.8 Å². The van der Waals surface area contributed by atoms with Gasteiger partial charge in [0.2, 0.25) is 0 Å². The normalized spacial score (nSPS) is 14.9. The number of hydrogen-bond acceptors (Lipinski definition) is 5. The number of nitrogens with one attached hydrogen (secondary N) is 1. The third kappa shape index (κ3) is 3.08. The third-order valence-corrected chi connectivity index (χ3v) is 3.73.